The molecule has 0 aromatic carbocycles. The molecule has 1 atom stereocenters. The predicted molar refractivity (Wildman–Crippen MR) is 69.6 cm³/mol. The van der Waals surface area contributed by atoms with Crippen molar-refractivity contribution >= 4 is 5.78 Å². The van der Waals surface area contributed by atoms with Crippen LogP contribution in [0.15, 0.2) is 19.0 Å². The summed E-state index contributed by atoms with van der Waals surface area (Å²) in [7, 11) is 0. The molecule has 7 heteroatoms. The number of hydrogen-bond acceptors (Lipinski definition) is 6. The second-order valence-corrected chi connectivity index (χ2v) is 4.84. The van der Waals surface area contributed by atoms with Gasteiger partial charge >= 0.3 is 0 Å². The number of Topliss-reactive ketones (excluding diaryl/α,β-unsaturated/α-hetero) is 1. The van der Waals surface area contributed by atoms with E-state index in [1.165, 1.54) is 12.7 Å². The van der Waals surface area contributed by atoms with Crippen LogP contribution in [0, 0.1) is 6.92 Å². The molecule has 0 bridgehead atoms. The molecule has 1 unspecified atom stereocenters. The zero-order chi connectivity index (χ0) is 13.9. The van der Waals surface area contributed by atoms with E-state index >= 15 is 0 Å². The highest BCUT2D eigenvalue weighted by atomic mass is 16.5. The molecule has 0 saturated heterocycles. The van der Waals surface area contributed by atoms with Crippen molar-refractivity contribution in [2.24, 2.45) is 0 Å². The zero-order valence-corrected chi connectivity index (χ0v) is 11.2. The normalized spacial score (nSPS) is 19.1. The molecule has 20 heavy (non-hydrogen) atoms. The fourth-order valence-electron chi connectivity index (χ4n) is 2.34. The van der Waals surface area contributed by atoms with Crippen LogP contribution in [0.4, 0.5) is 0 Å². The Hall–Kier alpha value is -2.31. The Balaban J connectivity index is 1.83. The summed E-state index contributed by atoms with van der Waals surface area (Å²) < 4.78 is 7.43. The molecule has 7 nitrogen and oxygen atoms in total. The topological polar surface area (TPSA) is 82.8 Å². The van der Waals surface area contributed by atoms with Gasteiger partial charge in [0.05, 0.1) is 5.56 Å². The summed E-state index contributed by atoms with van der Waals surface area (Å²) in [4.78, 5) is 23.7. The van der Waals surface area contributed by atoms with Crippen LogP contribution in [-0.4, -0.2) is 36.6 Å². The minimum absolute atomic E-state index is 0.0894. The number of carbonyl (C=O) groups excluding carboxylic acids is 1. The van der Waals surface area contributed by atoms with Crippen molar-refractivity contribution in [2.45, 2.75) is 38.7 Å². The first-order chi connectivity index (χ1) is 9.74. The average molecular weight is 273 g/mol. The van der Waals surface area contributed by atoms with Crippen molar-refractivity contribution in [1.29, 1.82) is 0 Å². The highest BCUT2D eigenvalue weighted by Crippen LogP contribution is 2.24. The summed E-state index contributed by atoms with van der Waals surface area (Å²) >= 11 is 0. The summed E-state index contributed by atoms with van der Waals surface area (Å²) in [5, 5.41) is 4.05. The van der Waals surface area contributed by atoms with Gasteiger partial charge in [-0.2, -0.15) is 5.10 Å². The van der Waals surface area contributed by atoms with Gasteiger partial charge in [-0.3, -0.25) is 4.79 Å². The molecular weight excluding hydrogens is 258 g/mol. The number of hydrogen-bond donors (Lipinski definition) is 0. The largest absolute Gasteiger partial charge is 0.474 e. The lowest BCUT2D eigenvalue weighted by Gasteiger charge is -2.22. The van der Waals surface area contributed by atoms with Crippen LogP contribution < -0.4 is 4.74 Å². The molecule has 1 fully saturated rings. The van der Waals surface area contributed by atoms with Crippen LogP contribution in [0.25, 0.3) is 5.82 Å². The highest BCUT2D eigenvalue weighted by molar-refractivity contribution is 5.79. The third-order valence-electron chi connectivity index (χ3n) is 3.36. The van der Waals surface area contributed by atoms with Crippen LogP contribution in [-0.2, 0) is 4.79 Å². The van der Waals surface area contributed by atoms with Gasteiger partial charge in [-0.05, 0) is 19.8 Å². The molecule has 0 radical (unpaired) electrons. The maximum absolute atomic E-state index is 11.5. The van der Waals surface area contributed by atoms with E-state index in [1.54, 1.807) is 11.0 Å². The lowest BCUT2D eigenvalue weighted by Crippen LogP contribution is -2.26. The third-order valence-corrected chi connectivity index (χ3v) is 3.36. The van der Waals surface area contributed by atoms with Gasteiger partial charge in [-0.15, -0.1) is 0 Å². The molecule has 0 amide bonds. The van der Waals surface area contributed by atoms with Crippen LogP contribution in [0.5, 0.6) is 5.88 Å². The van der Waals surface area contributed by atoms with Crippen molar-refractivity contribution in [3.8, 4) is 11.7 Å². The molecule has 2 heterocycles. The number of nitrogens with zero attached hydrogens (tertiary/aromatic N) is 5. The molecule has 0 aliphatic heterocycles. The first-order valence-electron chi connectivity index (χ1n) is 6.59. The van der Waals surface area contributed by atoms with Crippen molar-refractivity contribution in [3.05, 3.63) is 24.5 Å². The van der Waals surface area contributed by atoms with Gasteiger partial charge in [0.25, 0.3) is 0 Å². The Labute approximate surface area is 116 Å². The van der Waals surface area contributed by atoms with Crippen molar-refractivity contribution in [3.63, 3.8) is 0 Å². The molecule has 1 saturated carbocycles. The van der Waals surface area contributed by atoms with E-state index in [0.29, 0.717) is 24.5 Å². The van der Waals surface area contributed by atoms with Crippen molar-refractivity contribution < 1.29 is 9.53 Å². The summed E-state index contributed by atoms with van der Waals surface area (Å²) in [5.41, 5.74) is 0.788. The van der Waals surface area contributed by atoms with Gasteiger partial charge in [0.15, 0.2) is 5.82 Å². The molecule has 3 rings (SSSR count). The van der Waals surface area contributed by atoms with Gasteiger partial charge in [0, 0.05) is 12.8 Å². The Bertz CT molecular complexity index is 611. The maximum atomic E-state index is 11.5. The maximum Gasteiger partial charge on any atom is 0.221 e. The van der Waals surface area contributed by atoms with E-state index in [0.717, 1.165) is 18.4 Å². The van der Waals surface area contributed by atoms with Gasteiger partial charge < -0.3 is 4.74 Å². The van der Waals surface area contributed by atoms with Crippen LogP contribution in [0.3, 0.4) is 0 Å². The monoisotopic (exact) mass is 273 g/mol. The standard InChI is InChI=1S/C13H15N5O2/c1-9-12(18-8-14-6-17-18)15-7-16-13(9)20-11-4-2-3-10(19)5-11/h6-8,11H,2-5H2,1H3. The summed E-state index contributed by atoms with van der Waals surface area (Å²) in [6.07, 6.45) is 7.25. The molecule has 2 aromatic rings. The van der Waals surface area contributed by atoms with E-state index in [1.807, 2.05) is 6.92 Å². The van der Waals surface area contributed by atoms with E-state index < -0.39 is 0 Å². The zero-order valence-electron chi connectivity index (χ0n) is 11.2. The van der Waals surface area contributed by atoms with Crippen LogP contribution >= 0.6 is 0 Å². The number of carbonyl (C=O) groups is 1. The fraction of sp³-hybridized carbons (Fsp3) is 0.462. The number of aromatic nitrogens is 5. The molecule has 2 aromatic heterocycles. The first-order valence-corrected chi connectivity index (χ1v) is 6.59. The van der Waals surface area contributed by atoms with Crippen molar-refractivity contribution in [1.82, 2.24) is 24.7 Å². The molecule has 0 spiro atoms. The SMILES string of the molecule is Cc1c(OC2CCCC(=O)C2)ncnc1-n1cncn1. The van der Waals surface area contributed by atoms with Crippen LogP contribution in [0.1, 0.15) is 31.2 Å². The number of ketones is 1. The van der Waals surface area contributed by atoms with Gasteiger partial charge in [0.2, 0.25) is 5.88 Å². The summed E-state index contributed by atoms with van der Waals surface area (Å²) in [6.45, 7) is 1.87. The minimum atomic E-state index is -0.0894. The average Bonchev–Trinajstić information content (AvgIpc) is 2.95. The summed E-state index contributed by atoms with van der Waals surface area (Å²) in [6, 6.07) is 0. The molecule has 104 valence electrons. The second-order valence-electron chi connectivity index (χ2n) is 4.84. The lowest BCUT2D eigenvalue weighted by molar-refractivity contribution is -0.122. The van der Waals surface area contributed by atoms with E-state index in [2.05, 4.69) is 20.1 Å². The molecular formula is C13H15N5O2. The lowest BCUT2D eigenvalue weighted by atomic mass is 9.96. The molecule has 0 N–H and O–H groups in total. The highest BCUT2D eigenvalue weighted by Gasteiger charge is 2.22. The second kappa shape index (κ2) is 5.36. The Morgan fingerprint density at radius 3 is 3.00 bits per heavy atom. The van der Waals surface area contributed by atoms with Gasteiger partial charge in [0.1, 0.15) is 30.9 Å². The Morgan fingerprint density at radius 2 is 2.25 bits per heavy atom. The fourth-order valence-corrected chi connectivity index (χ4v) is 2.34. The first kappa shape index (κ1) is 12.7. The minimum Gasteiger partial charge on any atom is -0.474 e. The van der Waals surface area contributed by atoms with E-state index in [4.69, 9.17) is 4.74 Å². The Kier molecular flexibility index (Phi) is 3.41. The van der Waals surface area contributed by atoms with E-state index in [9.17, 15) is 4.79 Å². The Morgan fingerprint density at radius 1 is 1.35 bits per heavy atom. The summed E-state index contributed by atoms with van der Waals surface area (Å²) in [5.74, 6) is 1.39. The predicted octanol–water partition coefficient (Wildman–Crippen LogP) is 1.26. The van der Waals surface area contributed by atoms with Crippen molar-refractivity contribution in [2.75, 3.05) is 0 Å². The number of ether oxygens (including phenoxy) is 1. The molecule has 1 aliphatic rings. The molecule has 1 aliphatic carbocycles. The third kappa shape index (κ3) is 2.52. The quantitative estimate of drug-likeness (QED) is 0.837. The number of rotatable bonds is 3. The van der Waals surface area contributed by atoms with E-state index in [-0.39, 0.29) is 11.9 Å². The van der Waals surface area contributed by atoms with Crippen LogP contribution in [0.2, 0.25) is 0 Å². The smallest absolute Gasteiger partial charge is 0.221 e. The van der Waals surface area contributed by atoms with Gasteiger partial charge in [-0.1, -0.05) is 0 Å². The van der Waals surface area contributed by atoms with Gasteiger partial charge in [-0.25, -0.2) is 19.6 Å².